The zero-order valence-electron chi connectivity index (χ0n) is 12.5. The van der Waals surface area contributed by atoms with E-state index in [2.05, 4.69) is 10.3 Å². The maximum absolute atomic E-state index is 12.9. The van der Waals surface area contributed by atoms with Crippen molar-refractivity contribution in [3.63, 3.8) is 0 Å². The molecule has 2 rings (SSSR count). The van der Waals surface area contributed by atoms with E-state index >= 15 is 0 Å². The number of carbonyl (C=O) groups is 1. The number of carbonyl (C=O) groups excluding carboxylic acids is 1. The molecule has 2 aromatic rings. The van der Waals surface area contributed by atoms with Crippen LogP contribution >= 0.6 is 0 Å². The highest BCUT2D eigenvalue weighted by atomic mass is 19.4. The third-order valence-corrected chi connectivity index (χ3v) is 3.11. The number of pyridine rings is 1. The van der Waals surface area contributed by atoms with Crippen molar-refractivity contribution in [1.82, 2.24) is 10.3 Å². The minimum Gasteiger partial charge on any atom is -0.475 e. The SMILES string of the molecule is O=C(NCc1ccccc1C(F)(F)F)c1cccnc1OCCO. The lowest BCUT2D eigenvalue weighted by Crippen LogP contribution is -2.25. The van der Waals surface area contributed by atoms with Gasteiger partial charge < -0.3 is 15.2 Å². The van der Waals surface area contributed by atoms with Crippen LogP contribution < -0.4 is 10.1 Å². The number of aromatic nitrogens is 1. The number of aliphatic hydroxyl groups is 1. The Morgan fingerprint density at radius 2 is 1.96 bits per heavy atom. The second-order valence-electron chi connectivity index (χ2n) is 4.77. The summed E-state index contributed by atoms with van der Waals surface area (Å²) >= 11 is 0. The van der Waals surface area contributed by atoms with Gasteiger partial charge in [-0.15, -0.1) is 0 Å². The highest BCUT2D eigenvalue weighted by molar-refractivity contribution is 5.96. The molecule has 0 fully saturated rings. The number of aliphatic hydroxyl groups excluding tert-OH is 1. The van der Waals surface area contributed by atoms with Crippen molar-refractivity contribution in [2.45, 2.75) is 12.7 Å². The lowest BCUT2D eigenvalue weighted by molar-refractivity contribution is -0.138. The van der Waals surface area contributed by atoms with Gasteiger partial charge in [0.25, 0.3) is 5.91 Å². The quantitative estimate of drug-likeness (QED) is 0.847. The van der Waals surface area contributed by atoms with Crippen LogP contribution in [0.2, 0.25) is 0 Å². The summed E-state index contributed by atoms with van der Waals surface area (Å²) in [6.45, 7) is -0.590. The Labute approximate surface area is 136 Å². The van der Waals surface area contributed by atoms with Gasteiger partial charge in [-0.05, 0) is 23.8 Å². The average molecular weight is 340 g/mol. The lowest BCUT2D eigenvalue weighted by atomic mass is 10.1. The molecule has 1 aromatic heterocycles. The lowest BCUT2D eigenvalue weighted by Gasteiger charge is -2.14. The van der Waals surface area contributed by atoms with Gasteiger partial charge in [0.1, 0.15) is 12.2 Å². The predicted molar refractivity (Wildman–Crippen MR) is 79.4 cm³/mol. The van der Waals surface area contributed by atoms with Crippen molar-refractivity contribution < 1.29 is 27.8 Å². The molecule has 0 aliphatic carbocycles. The summed E-state index contributed by atoms with van der Waals surface area (Å²) in [4.78, 5) is 16.1. The van der Waals surface area contributed by atoms with Gasteiger partial charge in [-0.2, -0.15) is 13.2 Å². The summed E-state index contributed by atoms with van der Waals surface area (Å²) in [5, 5.41) is 11.2. The molecule has 0 aliphatic heterocycles. The number of nitrogens with zero attached hydrogens (tertiary/aromatic N) is 1. The molecule has 0 atom stereocenters. The van der Waals surface area contributed by atoms with Crippen molar-refractivity contribution in [1.29, 1.82) is 0 Å². The Morgan fingerprint density at radius 3 is 2.67 bits per heavy atom. The molecule has 0 saturated heterocycles. The van der Waals surface area contributed by atoms with E-state index < -0.39 is 17.6 Å². The Hall–Kier alpha value is -2.61. The first-order valence-electron chi connectivity index (χ1n) is 7.05. The summed E-state index contributed by atoms with van der Waals surface area (Å²) in [5.41, 5.74) is -0.760. The zero-order chi connectivity index (χ0) is 17.6. The molecule has 0 unspecified atom stereocenters. The number of hydrogen-bond acceptors (Lipinski definition) is 4. The molecule has 0 spiro atoms. The largest absolute Gasteiger partial charge is 0.475 e. The number of amides is 1. The molecule has 128 valence electrons. The van der Waals surface area contributed by atoms with Crippen LogP contribution in [-0.2, 0) is 12.7 Å². The van der Waals surface area contributed by atoms with E-state index in [9.17, 15) is 18.0 Å². The van der Waals surface area contributed by atoms with E-state index in [0.29, 0.717) is 0 Å². The van der Waals surface area contributed by atoms with Gasteiger partial charge in [0, 0.05) is 12.7 Å². The fourth-order valence-electron chi connectivity index (χ4n) is 2.04. The number of benzene rings is 1. The van der Waals surface area contributed by atoms with Crippen molar-refractivity contribution >= 4 is 5.91 Å². The predicted octanol–water partition coefficient (Wildman–Crippen LogP) is 2.40. The zero-order valence-corrected chi connectivity index (χ0v) is 12.5. The second kappa shape index (κ2) is 7.78. The normalized spacial score (nSPS) is 11.2. The first-order valence-corrected chi connectivity index (χ1v) is 7.05. The minimum atomic E-state index is -4.50. The van der Waals surface area contributed by atoms with E-state index in [-0.39, 0.29) is 36.8 Å². The van der Waals surface area contributed by atoms with E-state index in [1.165, 1.54) is 36.5 Å². The summed E-state index contributed by atoms with van der Waals surface area (Å²) in [7, 11) is 0. The van der Waals surface area contributed by atoms with Crippen LogP contribution in [0.1, 0.15) is 21.5 Å². The molecule has 5 nitrogen and oxygen atoms in total. The van der Waals surface area contributed by atoms with E-state index in [1.807, 2.05) is 0 Å². The Bertz CT molecular complexity index is 705. The molecule has 0 saturated carbocycles. The fraction of sp³-hybridized carbons (Fsp3) is 0.250. The van der Waals surface area contributed by atoms with Gasteiger partial charge in [-0.1, -0.05) is 18.2 Å². The molecule has 1 aromatic carbocycles. The topological polar surface area (TPSA) is 71.5 Å². The summed E-state index contributed by atoms with van der Waals surface area (Å²) in [6, 6.07) is 7.96. The number of nitrogens with one attached hydrogen (secondary N) is 1. The maximum atomic E-state index is 12.9. The summed E-state index contributed by atoms with van der Waals surface area (Å²) in [5.74, 6) is -0.610. The second-order valence-corrected chi connectivity index (χ2v) is 4.77. The van der Waals surface area contributed by atoms with Crippen LogP contribution in [0, 0.1) is 0 Å². The maximum Gasteiger partial charge on any atom is 0.416 e. The van der Waals surface area contributed by atoms with Crippen LogP contribution in [0.4, 0.5) is 13.2 Å². The van der Waals surface area contributed by atoms with Gasteiger partial charge in [-0.3, -0.25) is 4.79 Å². The molecule has 0 aliphatic rings. The Balaban J connectivity index is 2.12. The molecule has 24 heavy (non-hydrogen) atoms. The van der Waals surface area contributed by atoms with Crippen molar-refractivity contribution in [2.24, 2.45) is 0 Å². The summed E-state index contributed by atoms with van der Waals surface area (Å²) in [6.07, 6.45) is -3.09. The monoisotopic (exact) mass is 340 g/mol. The Kier molecular flexibility index (Phi) is 5.75. The molecule has 0 bridgehead atoms. The molecule has 0 radical (unpaired) electrons. The van der Waals surface area contributed by atoms with Gasteiger partial charge in [-0.25, -0.2) is 4.98 Å². The van der Waals surface area contributed by atoms with Gasteiger partial charge in [0.05, 0.1) is 12.2 Å². The molecule has 1 amide bonds. The first kappa shape index (κ1) is 17.7. The van der Waals surface area contributed by atoms with Crippen molar-refractivity contribution in [3.05, 3.63) is 59.3 Å². The summed E-state index contributed by atoms with van der Waals surface area (Å²) < 4.78 is 43.9. The molecule has 8 heteroatoms. The van der Waals surface area contributed by atoms with Crippen LogP contribution in [0.15, 0.2) is 42.6 Å². The molecule has 1 heterocycles. The number of hydrogen-bond donors (Lipinski definition) is 2. The van der Waals surface area contributed by atoms with Gasteiger partial charge in [0.15, 0.2) is 0 Å². The number of ether oxygens (including phenoxy) is 1. The van der Waals surface area contributed by atoms with Crippen molar-refractivity contribution in [2.75, 3.05) is 13.2 Å². The molecular weight excluding hydrogens is 325 g/mol. The van der Waals surface area contributed by atoms with E-state index in [0.717, 1.165) is 6.07 Å². The van der Waals surface area contributed by atoms with Crippen LogP contribution in [-0.4, -0.2) is 29.2 Å². The Morgan fingerprint density at radius 1 is 1.21 bits per heavy atom. The standard InChI is InChI=1S/C16H15F3N2O3/c17-16(18,19)13-6-2-1-4-11(13)10-21-14(23)12-5-3-7-20-15(12)24-9-8-22/h1-7,22H,8-10H2,(H,21,23). The number of alkyl halides is 3. The van der Waals surface area contributed by atoms with Gasteiger partial charge >= 0.3 is 6.18 Å². The first-order chi connectivity index (χ1) is 11.4. The minimum absolute atomic E-state index is 0.00755. The van der Waals surface area contributed by atoms with Crippen LogP contribution in [0.25, 0.3) is 0 Å². The highest BCUT2D eigenvalue weighted by Crippen LogP contribution is 2.31. The van der Waals surface area contributed by atoms with E-state index in [4.69, 9.17) is 9.84 Å². The molecular formula is C16H15F3N2O3. The highest BCUT2D eigenvalue weighted by Gasteiger charge is 2.32. The number of halogens is 3. The van der Waals surface area contributed by atoms with Gasteiger partial charge in [0.2, 0.25) is 5.88 Å². The number of rotatable bonds is 6. The van der Waals surface area contributed by atoms with Crippen LogP contribution in [0.3, 0.4) is 0 Å². The van der Waals surface area contributed by atoms with E-state index in [1.54, 1.807) is 0 Å². The van der Waals surface area contributed by atoms with Crippen LogP contribution in [0.5, 0.6) is 5.88 Å². The third kappa shape index (κ3) is 4.45. The fourth-order valence-corrected chi connectivity index (χ4v) is 2.04. The smallest absolute Gasteiger partial charge is 0.416 e. The molecule has 2 N–H and O–H groups in total. The van der Waals surface area contributed by atoms with Crippen molar-refractivity contribution in [3.8, 4) is 5.88 Å². The average Bonchev–Trinajstić information content (AvgIpc) is 2.57. The third-order valence-electron chi connectivity index (χ3n) is 3.11.